The number of aromatic nitrogens is 2. The number of benzene rings is 1. The van der Waals surface area contributed by atoms with Crippen LogP contribution in [0.15, 0.2) is 24.3 Å². The van der Waals surface area contributed by atoms with Crippen LogP contribution in [0.25, 0.3) is 11.3 Å². The Morgan fingerprint density at radius 2 is 2.11 bits per heavy atom. The van der Waals surface area contributed by atoms with Crippen molar-refractivity contribution in [1.29, 1.82) is 0 Å². The lowest BCUT2D eigenvalue weighted by atomic mass is 10.1. The second-order valence-corrected chi connectivity index (χ2v) is 5.13. The number of rotatable bonds is 3. The normalized spacial score (nSPS) is 10.6. The summed E-state index contributed by atoms with van der Waals surface area (Å²) < 4.78 is 0.559. The van der Waals surface area contributed by atoms with Gasteiger partial charge in [-0.15, -0.1) is 0 Å². The van der Waals surface area contributed by atoms with Crippen molar-refractivity contribution in [2.24, 2.45) is 0 Å². The molecule has 1 aromatic heterocycles. The van der Waals surface area contributed by atoms with Crippen molar-refractivity contribution in [1.82, 2.24) is 9.97 Å². The highest BCUT2D eigenvalue weighted by molar-refractivity contribution is 7.71. The molecule has 0 fully saturated rings. The van der Waals surface area contributed by atoms with E-state index < -0.39 is 0 Å². The van der Waals surface area contributed by atoms with Crippen LogP contribution >= 0.6 is 35.4 Å². The monoisotopic (exact) mass is 298 g/mol. The molecular weight excluding hydrogens is 287 g/mol. The number of nitrogens with zero attached hydrogens (tertiary/aromatic N) is 1. The summed E-state index contributed by atoms with van der Waals surface area (Å²) in [6, 6.07) is 7.33. The second kappa shape index (κ2) is 5.83. The summed E-state index contributed by atoms with van der Waals surface area (Å²) in [7, 11) is 0. The smallest absolute Gasteiger partial charge is 0.130 e. The van der Waals surface area contributed by atoms with Gasteiger partial charge in [-0.3, -0.25) is 0 Å². The Labute approximate surface area is 121 Å². The van der Waals surface area contributed by atoms with E-state index in [-0.39, 0.29) is 0 Å². The van der Waals surface area contributed by atoms with Crippen LogP contribution in [-0.2, 0) is 6.42 Å². The van der Waals surface area contributed by atoms with E-state index in [0.29, 0.717) is 14.7 Å². The minimum absolute atomic E-state index is 0.526. The van der Waals surface area contributed by atoms with Gasteiger partial charge >= 0.3 is 0 Å². The molecule has 0 saturated carbocycles. The Kier molecular flexibility index (Phi) is 4.38. The van der Waals surface area contributed by atoms with Crippen LogP contribution in [0.5, 0.6) is 0 Å². The van der Waals surface area contributed by atoms with Crippen molar-refractivity contribution in [3.05, 3.63) is 44.8 Å². The summed E-state index contributed by atoms with van der Waals surface area (Å²) >= 11 is 17.4. The van der Waals surface area contributed by atoms with Crippen molar-refractivity contribution in [3.63, 3.8) is 0 Å². The van der Waals surface area contributed by atoms with Gasteiger partial charge in [0.2, 0.25) is 0 Å². The number of aromatic amines is 1. The van der Waals surface area contributed by atoms with Crippen LogP contribution in [0.1, 0.15) is 19.2 Å². The van der Waals surface area contributed by atoms with Gasteiger partial charge in [-0.1, -0.05) is 54.5 Å². The molecule has 0 bridgehead atoms. The lowest BCUT2D eigenvalue weighted by Gasteiger charge is -2.08. The first-order chi connectivity index (χ1) is 8.61. The minimum Gasteiger partial charge on any atom is -0.343 e. The molecule has 0 atom stereocenters. The number of nitrogens with one attached hydrogen (secondary N) is 1. The van der Waals surface area contributed by atoms with Crippen LogP contribution in [0.2, 0.25) is 10.0 Å². The zero-order chi connectivity index (χ0) is 13.1. The second-order valence-electron chi connectivity index (χ2n) is 3.93. The van der Waals surface area contributed by atoms with Crippen molar-refractivity contribution in [2.45, 2.75) is 19.8 Å². The zero-order valence-electron chi connectivity index (χ0n) is 9.84. The first kappa shape index (κ1) is 13.5. The maximum atomic E-state index is 6.20. The highest BCUT2D eigenvalue weighted by atomic mass is 35.5. The topological polar surface area (TPSA) is 28.7 Å². The molecule has 2 aromatic rings. The molecule has 94 valence electrons. The van der Waals surface area contributed by atoms with Gasteiger partial charge in [-0.05, 0) is 18.6 Å². The lowest BCUT2D eigenvalue weighted by Crippen LogP contribution is -1.97. The van der Waals surface area contributed by atoms with Gasteiger partial charge in [0.15, 0.2) is 0 Å². The summed E-state index contributed by atoms with van der Waals surface area (Å²) in [6.07, 6.45) is 1.86. The molecule has 1 aromatic carbocycles. The fourth-order valence-corrected chi connectivity index (χ4v) is 2.35. The first-order valence-electron chi connectivity index (χ1n) is 5.66. The van der Waals surface area contributed by atoms with E-state index in [9.17, 15) is 0 Å². The van der Waals surface area contributed by atoms with Gasteiger partial charge < -0.3 is 4.98 Å². The number of aryl methyl sites for hydroxylation is 1. The molecule has 0 aliphatic carbocycles. The van der Waals surface area contributed by atoms with Gasteiger partial charge in [-0.25, -0.2) is 4.98 Å². The van der Waals surface area contributed by atoms with E-state index in [1.807, 2.05) is 12.1 Å². The van der Waals surface area contributed by atoms with E-state index in [4.69, 9.17) is 35.4 Å². The van der Waals surface area contributed by atoms with E-state index in [1.54, 1.807) is 12.1 Å². The summed E-state index contributed by atoms with van der Waals surface area (Å²) in [5, 5.41) is 1.06. The van der Waals surface area contributed by atoms with E-state index in [2.05, 4.69) is 16.9 Å². The summed E-state index contributed by atoms with van der Waals surface area (Å²) in [5.41, 5.74) is 1.70. The molecule has 5 heteroatoms. The first-order valence-corrected chi connectivity index (χ1v) is 6.83. The van der Waals surface area contributed by atoms with E-state index in [1.165, 1.54) is 0 Å². The largest absolute Gasteiger partial charge is 0.343 e. The van der Waals surface area contributed by atoms with Crippen molar-refractivity contribution in [2.75, 3.05) is 0 Å². The molecule has 2 nitrogen and oxygen atoms in total. The number of hydrogen-bond acceptors (Lipinski definition) is 2. The summed E-state index contributed by atoms with van der Waals surface area (Å²) in [4.78, 5) is 7.53. The number of halogens is 2. The Hall–Kier alpha value is -0.900. The molecule has 0 aliphatic rings. The van der Waals surface area contributed by atoms with Gasteiger partial charge in [0, 0.05) is 12.0 Å². The third kappa shape index (κ3) is 2.91. The SMILES string of the molecule is CCCc1nc(=S)cc(-c2cccc(Cl)c2Cl)[nH]1. The van der Waals surface area contributed by atoms with Gasteiger partial charge in [-0.2, -0.15) is 0 Å². The highest BCUT2D eigenvalue weighted by Gasteiger charge is 2.08. The molecule has 2 rings (SSSR count). The molecule has 0 unspecified atom stereocenters. The Morgan fingerprint density at radius 3 is 2.83 bits per heavy atom. The van der Waals surface area contributed by atoms with Gasteiger partial charge in [0.05, 0.1) is 15.7 Å². The molecule has 0 aliphatic heterocycles. The van der Waals surface area contributed by atoms with Crippen molar-refractivity contribution >= 4 is 35.4 Å². The predicted molar refractivity (Wildman–Crippen MR) is 78.9 cm³/mol. The Balaban J connectivity index is 2.56. The van der Waals surface area contributed by atoms with Crippen LogP contribution in [0.3, 0.4) is 0 Å². The summed E-state index contributed by atoms with van der Waals surface area (Å²) in [5.74, 6) is 0.871. The molecule has 0 spiro atoms. The van der Waals surface area contributed by atoms with Crippen LogP contribution in [0.4, 0.5) is 0 Å². The molecule has 0 radical (unpaired) electrons. The van der Waals surface area contributed by atoms with Crippen LogP contribution < -0.4 is 0 Å². The lowest BCUT2D eigenvalue weighted by molar-refractivity contribution is 0.833. The summed E-state index contributed by atoms with van der Waals surface area (Å²) in [6.45, 7) is 2.09. The third-order valence-corrected chi connectivity index (χ3v) is 3.55. The maximum absolute atomic E-state index is 6.20. The van der Waals surface area contributed by atoms with E-state index >= 15 is 0 Å². The molecule has 1 heterocycles. The van der Waals surface area contributed by atoms with Gasteiger partial charge in [0.1, 0.15) is 10.5 Å². The average Bonchev–Trinajstić information content (AvgIpc) is 2.32. The fourth-order valence-electron chi connectivity index (χ4n) is 1.72. The third-order valence-electron chi connectivity index (χ3n) is 2.52. The number of hydrogen-bond donors (Lipinski definition) is 1. The van der Waals surface area contributed by atoms with Crippen molar-refractivity contribution in [3.8, 4) is 11.3 Å². The average molecular weight is 299 g/mol. The zero-order valence-corrected chi connectivity index (χ0v) is 12.2. The van der Waals surface area contributed by atoms with Crippen LogP contribution in [0, 0.1) is 4.64 Å². The highest BCUT2D eigenvalue weighted by Crippen LogP contribution is 2.32. The predicted octanol–water partition coefficient (Wildman–Crippen LogP) is 5.07. The molecule has 18 heavy (non-hydrogen) atoms. The van der Waals surface area contributed by atoms with Crippen molar-refractivity contribution < 1.29 is 0 Å². The number of H-pyrrole nitrogens is 1. The fraction of sp³-hybridized carbons (Fsp3) is 0.231. The quantitative estimate of drug-likeness (QED) is 0.802. The molecule has 1 N–H and O–H groups in total. The minimum atomic E-state index is 0.526. The Bertz CT molecular complexity index is 623. The molecular formula is C13H12Cl2N2S. The molecule has 0 saturated heterocycles. The maximum Gasteiger partial charge on any atom is 0.130 e. The van der Waals surface area contributed by atoms with Gasteiger partial charge in [0.25, 0.3) is 0 Å². The van der Waals surface area contributed by atoms with E-state index in [0.717, 1.165) is 29.9 Å². The van der Waals surface area contributed by atoms with Crippen LogP contribution in [-0.4, -0.2) is 9.97 Å². The standard InChI is InChI=1S/C13H12Cl2N2S/c1-2-4-11-16-10(7-12(18)17-11)8-5-3-6-9(14)13(8)15/h3,5-7H,2,4H2,1H3,(H,16,17,18). The molecule has 0 amide bonds. The Morgan fingerprint density at radius 1 is 1.33 bits per heavy atom.